The van der Waals surface area contributed by atoms with Crippen LogP contribution in [0.2, 0.25) is 0 Å². The Hall–Kier alpha value is -1.88. The van der Waals surface area contributed by atoms with Gasteiger partial charge in [-0.05, 0) is 42.9 Å². The third kappa shape index (κ3) is 2.63. The second kappa shape index (κ2) is 5.64. The van der Waals surface area contributed by atoms with Crippen molar-refractivity contribution in [2.75, 3.05) is 13.1 Å². The Balaban J connectivity index is 1.54. The molecule has 1 aromatic heterocycles. The molecular weight excluding hydrogens is 290 g/mol. The van der Waals surface area contributed by atoms with Crippen LogP contribution in [0.3, 0.4) is 0 Å². The Morgan fingerprint density at radius 1 is 1.26 bits per heavy atom. The highest BCUT2D eigenvalue weighted by molar-refractivity contribution is 5.97. The van der Waals surface area contributed by atoms with Crippen LogP contribution >= 0.6 is 0 Å². The maximum absolute atomic E-state index is 12.8. The van der Waals surface area contributed by atoms with Crippen molar-refractivity contribution in [3.05, 3.63) is 29.6 Å². The fraction of sp³-hybridized carbons (Fsp3) is 0.556. The smallest absolute Gasteiger partial charge is 0.253 e. The number of carbonyl (C=O) groups excluding carboxylic acids is 1. The van der Waals surface area contributed by atoms with Gasteiger partial charge in [0.1, 0.15) is 12.4 Å². The number of aliphatic hydroxyl groups excluding tert-OH is 1. The second-order valence-electron chi connectivity index (χ2n) is 7.11. The zero-order valence-corrected chi connectivity index (χ0v) is 13.3. The van der Waals surface area contributed by atoms with E-state index in [0.29, 0.717) is 16.8 Å². The number of aliphatic hydroxyl groups is 1. The van der Waals surface area contributed by atoms with Gasteiger partial charge in [0.05, 0.1) is 11.0 Å². The van der Waals surface area contributed by atoms with Crippen molar-refractivity contribution < 1.29 is 9.90 Å². The minimum atomic E-state index is -0.118. The van der Waals surface area contributed by atoms with E-state index in [0.717, 1.165) is 30.5 Å². The van der Waals surface area contributed by atoms with Gasteiger partial charge < -0.3 is 15.0 Å². The molecule has 1 aliphatic carbocycles. The summed E-state index contributed by atoms with van der Waals surface area (Å²) in [5.41, 5.74) is 2.69. The van der Waals surface area contributed by atoms with Gasteiger partial charge in [-0.1, -0.05) is 19.3 Å². The van der Waals surface area contributed by atoms with Crippen LogP contribution in [0.15, 0.2) is 18.2 Å². The first-order chi connectivity index (χ1) is 11.2. The Morgan fingerprint density at radius 3 is 2.87 bits per heavy atom. The number of aromatic nitrogens is 2. The lowest BCUT2D eigenvalue weighted by Gasteiger charge is -2.33. The van der Waals surface area contributed by atoms with Gasteiger partial charge in [-0.25, -0.2) is 4.98 Å². The van der Waals surface area contributed by atoms with E-state index in [-0.39, 0.29) is 12.5 Å². The van der Waals surface area contributed by atoms with Crippen molar-refractivity contribution in [3.63, 3.8) is 0 Å². The van der Waals surface area contributed by atoms with Gasteiger partial charge in [0.15, 0.2) is 0 Å². The van der Waals surface area contributed by atoms with E-state index in [2.05, 4.69) is 9.97 Å². The molecular formula is C18H23N3O2. The van der Waals surface area contributed by atoms with Crippen molar-refractivity contribution in [3.8, 4) is 0 Å². The molecule has 4 rings (SSSR count). The highest BCUT2D eigenvalue weighted by Crippen LogP contribution is 2.43. The average Bonchev–Trinajstić information content (AvgIpc) is 3.18. The minimum absolute atomic E-state index is 0.118. The summed E-state index contributed by atoms with van der Waals surface area (Å²) in [6.45, 7) is 1.67. The number of fused-ring (bicyclic) bond motifs is 1. The average molecular weight is 313 g/mol. The SMILES string of the molecule is O=C(c1ccc2nc(CO)[nH]c2c1)N1CCC2(CCCCC2)C1. The molecule has 1 saturated heterocycles. The van der Waals surface area contributed by atoms with Gasteiger partial charge in [-0.15, -0.1) is 0 Å². The summed E-state index contributed by atoms with van der Waals surface area (Å²) in [6, 6.07) is 5.55. The fourth-order valence-electron chi connectivity index (χ4n) is 4.27. The minimum Gasteiger partial charge on any atom is -0.388 e. The molecule has 0 bridgehead atoms. The van der Waals surface area contributed by atoms with Crippen molar-refractivity contribution >= 4 is 16.9 Å². The molecule has 1 aromatic carbocycles. The van der Waals surface area contributed by atoms with Crippen LogP contribution in [0.1, 0.15) is 54.7 Å². The van der Waals surface area contributed by atoms with Crippen LogP contribution in [0.4, 0.5) is 0 Å². The maximum atomic E-state index is 12.8. The molecule has 122 valence electrons. The van der Waals surface area contributed by atoms with E-state index in [9.17, 15) is 4.79 Å². The molecule has 5 heteroatoms. The number of carbonyl (C=O) groups is 1. The summed E-state index contributed by atoms with van der Waals surface area (Å²) in [5, 5.41) is 9.16. The third-order valence-electron chi connectivity index (χ3n) is 5.57. The molecule has 1 amide bonds. The summed E-state index contributed by atoms with van der Waals surface area (Å²) in [6.07, 6.45) is 7.67. The number of aromatic amines is 1. The van der Waals surface area contributed by atoms with Crippen LogP contribution in [0.5, 0.6) is 0 Å². The third-order valence-corrected chi connectivity index (χ3v) is 5.57. The Kier molecular flexibility index (Phi) is 3.60. The number of nitrogens with one attached hydrogen (secondary N) is 1. The van der Waals surface area contributed by atoms with E-state index >= 15 is 0 Å². The Labute approximate surface area is 135 Å². The van der Waals surface area contributed by atoms with Gasteiger partial charge in [0, 0.05) is 18.7 Å². The van der Waals surface area contributed by atoms with Gasteiger partial charge in [-0.3, -0.25) is 4.79 Å². The van der Waals surface area contributed by atoms with E-state index in [1.165, 1.54) is 32.1 Å². The molecule has 1 saturated carbocycles. The largest absolute Gasteiger partial charge is 0.388 e. The van der Waals surface area contributed by atoms with Gasteiger partial charge in [0.2, 0.25) is 0 Å². The summed E-state index contributed by atoms with van der Waals surface area (Å²) in [5.74, 6) is 0.654. The number of hydrogen-bond acceptors (Lipinski definition) is 3. The highest BCUT2D eigenvalue weighted by atomic mass is 16.3. The number of benzene rings is 1. The van der Waals surface area contributed by atoms with Crippen molar-refractivity contribution in [1.82, 2.24) is 14.9 Å². The first-order valence-corrected chi connectivity index (χ1v) is 8.58. The standard InChI is InChI=1S/C18H23N3O2/c22-11-16-19-14-5-4-13(10-15(14)20-16)17(23)21-9-8-18(12-21)6-2-1-3-7-18/h4-5,10,22H,1-3,6-9,11-12H2,(H,19,20). The molecule has 23 heavy (non-hydrogen) atoms. The molecule has 2 heterocycles. The van der Waals surface area contributed by atoms with Crippen LogP contribution in [0.25, 0.3) is 11.0 Å². The number of imidazole rings is 1. The number of nitrogens with zero attached hydrogens (tertiary/aromatic N) is 2. The molecule has 0 unspecified atom stereocenters. The quantitative estimate of drug-likeness (QED) is 0.895. The predicted octanol–water partition coefficient (Wildman–Crippen LogP) is 2.85. The Bertz CT molecular complexity index is 731. The zero-order chi connectivity index (χ0) is 15.9. The van der Waals surface area contributed by atoms with Crippen molar-refractivity contribution in [2.45, 2.75) is 45.1 Å². The van der Waals surface area contributed by atoms with E-state index in [1.807, 2.05) is 23.1 Å². The first-order valence-electron chi connectivity index (χ1n) is 8.58. The fourth-order valence-corrected chi connectivity index (χ4v) is 4.27. The second-order valence-corrected chi connectivity index (χ2v) is 7.11. The van der Waals surface area contributed by atoms with Crippen molar-refractivity contribution in [1.29, 1.82) is 0 Å². The van der Waals surface area contributed by atoms with E-state index in [4.69, 9.17) is 5.11 Å². The predicted molar refractivity (Wildman–Crippen MR) is 88.1 cm³/mol. The first kappa shape index (κ1) is 14.7. The number of amides is 1. The molecule has 0 radical (unpaired) electrons. The summed E-state index contributed by atoms with van der Waals surface area (Å²) < 4.78 is 0. The summed E-state index contributed by atoms with van der Waals surface area (Å²) >= 11 is 0. The van der Waals surface area contributed by atoms with E-state index < -0.39 is 0 Å². The lowest BCUT2D eigenvalue weighted by atomic mass is 9.73. The number of H-pyrrole nitrogens is 1. The van der Waals surface area contributed by atoms with Crippen LogP contribution in [-0.2, 0) is 6.61 Å². The molecule has 1 aliphatic heterocycles. The number of hydrogen-bond donors (Lipinski definition) is 2. The van der Waals surface area contributed by atoms with Crippen LogP contribution < -0.4 is 0 Å². The van der Waals surface area contributed by atoms with Crippen LogP contribution in [0, 0.1) is 5.41 Å². The Morgan fingerprint density at radius 2 is 2.09 bits per heavy atom. The molecule has 0 atom stereocenters. The molecule has 2 N–H and O–H groups in total. The number of likely N-dealkylation sites (tertiary alicyclic amines) is 1. The van der Waals surface area contributed by atoms with Gasteiger partial charge >= 0.3 is 0 Å². The normalized spacial score (nSPS) is 20.5. The lowest BCUT2D eigenvalue weighted by molar-refractivity contribution is 0.0759. The maximum Gasteiger partial charge on any atom is 0.253 e. The zero-order valence-electron chi connectivity index (χ0n) is 13.3. The monoisotopic (exact) mass is 313 g/mol. The lowest BCUT2D eigenvalue weighted by Crippen LogP contribution is -2.33. The summed E-state index contributed by atoms with van der Waals surface area (Å²) in [4.78, 5) is 22.2. The van der Waals surface area contributed by atoms with Crippen molar-refractivity contribution in [2.24, 2.45) is 5.41 Å². The van der Waals surface area contributed by atoms with E-state index in [1.54, 1.807) is 0 Å². The van der Waals surface area contributed by atoms with Gasteiger partial charge in [0.25, 0.3) is 5.91 Å². The summed E-state index contributed by atoms with van der Waals surface area (Å²) in [7, 11) is 0. The van der Waals surface area contributed by atoms with Crippen LogP contribution in [-0.4, -0.2) is 39.0 Å². The molecule has 2 aromatic rings. The highest BCUT2D eigenvalue weighted by Gasteiger charge is 2.40. The molecule has 2 aliphatic rings. The number of rotatable bonds is 2. The molecule has 5 nitrogen and oxygen atoms in total. The van der Waals surface area contributed by atoms with Gasteiger partial charge in [-0.2, -0.15) is 0 Å². The molecule has 1 spiro atoms. The topological polar surface area (TPSA) is 69.2 Å². The molecule has 2 fully saturated rings.